The van der Waals surface area contributed by atoms with E-state index in [0.717, 1.165) is 0 Å². The number of amides is 3. The van der Waals surface area contributed by atoms with Crippen molar-refractivity contribution in [1.82, 2.24) is 4.90 Å². The smallest absolute Gasteiger partial charge is 0.323 e. The molecule has 0 bridgehead atoms. The highest BCUT2D eigenvalue weighted by molar-refractivity contribution is 6.02. The third kappa shape index (κ3) is 5.28. The molecule has 4 rings (SSSR count). The fraction of sp³-hybridized carbons (Fsp3) is 0.375. The van der Waals surface area contributed by atoms with Crippen molar-refractivity contribution in [3.8, 4) is 5.75 Å². The van der Waals surface area contributed by atoms with Gasteiger partial charge in [-0.2, -0.15) is 0 Å². The number of nitrogens with one attached hydrogen (secondary N) is 2. The molecule has 2 aliphatic rings. The van der Waals surface area contributed by atoms with Crippen molar-refractivity contribution >= 4 is 29.3 Å². The minimum absolute atomic E-state index is 0.153. The number of anilines is 2. The van der Waals surface area contributed by atoms with Gasteiger partial charge in [0.25, 0.3) is 5.91 Å². The minimum Gasteiger partial charge on any atom is -0.490 e. The van der Waals surface area contributed by atoms with Gasteiger partial charge in [-0.15, -0.1) is 0 Å². The lowest BCUT2D eigenvalue weighted by Crippen LogP contribution is -2.53. The Bertz CT molecular complexity index is 1090. The quantitative estimate of drug-likeness (QED) is 0.662. The molecule has 10 heteroatoms. The molecule has 9 nitrogen and oxygen atoms in total. The number of urea groups is 1. The molecule has 2 aromatic rings. The lowest BCUT2D eigenvalue weighted by atomic mass is 9.94. The molecule has 2 heterocycles. The van der Waals surface area contributed by atoms with Gasteiger partial charge in [0.15, 0.2) is 0 Å². The van der Waals surface area contributed by atoms with E-state index in [2.05, 4.69) is 10.6 Å². The van der Waals surface area contributed by atoms with E-state index in [1.165, 1.54) is 25.3 Å². The predicted octanol–water partition coefficient (Wildman–Crippen LogP) is 3.41. The summed E-state index contributed by atoms with van der Waals surface area (Å²) >= 11 is 0. The number of likely N-dealkylation sites (N-methyl/N-ethyl adjacent to an activating group) is 1. The van der Waals surface area contributed by atoms with Crippen molar-refractivity contribution in [2.24, 2.45) is 0 Å². The first-order valence-electron chi connectivity index (χ1n) is 10.9. The fourth-order valence-electron chi connectivity index (χ4n) is 4.23. The molecule has 2 aromatic carbocycles. The summed E-state index contributed by atoms with van der Waals surface area (Å²) in [5.74, 6) is -0.711. The van der Waals surface area contributed by atoms with E-state index in [1.807, 2.05) is 0 Å². The van der Waals surface area contributed by atoms with Gasteiger partial charge in [-0.25, -0.2) is 9.18 Å². The van der Waals surface area contributed by atoms with E-state index in [4.69, 9.17) is 14.2 Å². The largest absolute Gasteiger partial charge is 0.490 e. The maximum absolute atomic E-state index is 13.3. The van der Waals surface area contributed by atoms with Crippen LogP contribution in [0.2, 0.25) is 0 Å². The first-order chi connectivity index (χ1) is 16.3. The van der Waals surface area contributed by atoms with Crippen molar-refractivity contribution < 1.29 is 33.0 Å². The van der Waals surface area contributed by atoms with Crippen LogP contribution in [-0.4, -0.2) is 61.8 Å². The summed E-state index contributed by atoms with van der Waals surface area (Å²) < 4.78 is 30.0. The molecule has 0 saturated carbocycles. The van der Waals surface area contributed by atoms with E-state index >= 15 is 0 Å². The standard InChI is InChI=1S/C24H26FN3O6/c1-28-19-8-7-17(12-22(29)32-2)34-21(19)13-33-20-9-6-16(11-18(20)23(28)30)27-24(31)26-15-5-3-4-14(25)10-15/h3-6,9-11,17,19,21H,7-8,12-13H2,1-2H3,(H2,26,27,31)/t17-,19+,21-/m0/s1. The second-order valence-electron chi connectivity index (χ2n) is 8.25. The van der Waals surface area contributed by atoms with E-state index in [0.29, 0.717) is 35.5 Å². The Morgan fingerprint density at radius 2 is 1.91 bits per heavy atom. The first-order valence-corrected chi connectivity index (χ1v) is 10.9. The fourth-order valence-corrected chi connectivity index (χ4v) is 4.23. The average molecular weight is 471 g/mol. The second kappa shape index (κ2) is 10.1. The first kappa shape index (κ1) is 23.5. The van der Waals surface area contributed by atoms with Crippen molar-refractivity contribution in [2.45, 2.75) is 37.5 Å². The summed E-state index contributed by atoms with van der Waals surface area (Å²) in [5, 5.41) is 5.20. The van der Waals surface area contributed by atoms with Gasteiger partial charge in [0.2, 0.25) is 0 Å². The lowest BCUT2D eigenvalue weighted by Gasteiger charge is -2.42. The number of carbonyl (C=O) groups is 3. The number of nitrogens with zero attached hydrogens (tertiary/aromatic N) is 1. The molecule has 0 aromatic heterocycles. The van der Waals surface area contributed by atoms with Crippen LogP contribution in [0.25, 0.3) is 0 Å². The van der Waals surface area contributed by atoms with Crippen LogP contribution in [0.3, 0.4) is 0 Å². The SMILES string of the molecule is COC(=O)C[C@@H]1CC[C@@H]2[C@H](COc3ccc(NC(=O)Nc4cccc(F)c4)cc3C(=O)N2C)O1. The summed E-state index contributed by atoms with van der Waals surface area (Å²) in [6.07, 6.45) is 0.744. The summed E-state index contributed by atoms with van der Waals surface area (Å²) in [4.78, 5) is 38.8. The number of benzene rings is 2. The van der Waals surface area contributed by atoms with Crippen LogP contribution in [0, 0.1) is 5.82 Å². The zero-order valence-electron chi connectivity index (χ0n) is 18.9. The average Bonchev–Trinajstić information content (AvgIpc) is 2.81. The molecule has 1 fully saturated rings. The zero-order valence-corrected chi connectivity index (χ0v) is 18.9. The van der Waals surface area contributed by atoms with Crippen molar-refractivity contribution in [3.05, 3.63) is 53.8 Å². The summed E-state index contributed by atoms with van der Waals surface area (Å²) in [6.45, 7) is 0.208. The van der Waals surface area contributed by atoms with Gasteiger partial charge in [-0.1, -0.05) is 6.07 Å². The highest BCUT2D eigenvalue weighted by Crippen LogP contribution is 2.32. The normalized spacial score (nSPS) is 21.8. The van der Waals surface area contributed by atoms with Crippen LogP contribution in [0.4, 0.5) is 20.6 Å². The summed E-state index contributed by atoms with van der Waals surface area (Å²) in [6, 6.07) is 9.50. The Kier molecular flexibility index (Phi) is 6.97. The summed E-state index contributed by atoms with van der Waals surface area (Å²) in [7, 11) is 3.04. The Hall–Kier alpha value is -3.66. The number of rotatable bonds is 4. The minimum atomic E-state index is -0.574. The van der Waals surface area contributed by atoms with Crippen LogP contribution in [-0.2, 0) is 14.3 Å². The van der Waals surface area contributed by atoms with Crippen molar-refractivity contribution in [2.75, 3.05) is 31.4 Å². The molecule has 2 aliphatic heterocycles. The Labute approximate surface area is 196 Å². The third-order valence-electron chi connectivity index (χ3n) is 5.97. The number of hydrogen-bond donors (Lipinski definition) is 2. The van der Waals surface area contributed by atoms with Crippen molar-refractivity contribution in [1.29, 1.82) is 0 Å². The molecule has 1 saturated heterocycles. The van der Waals surface area contributed by atoms with E-state index in [9.17, 15) is 18.8 Å². The molecule has 34 heavy (non-hydrogen) atoms. The number of carbonyl (C=O) groups excluding carboxylic acids is 3. The Morgan fingerprint density at radius 3 is 2.65 bits per heavy atom. The Morgan fingerprint density at radius 1 is 1.15 bits per heavy atom. The maximum Gasteiger partial charge on any atom is 0.323 e. The summed E-state index contributed by atoms with van der Waals surface area (Å²) in [5.41, 5.74) is 0.992. The number of methoxy groups -OCH3 is 1. The van der Waals surface area contributed by atoms with Crippen LogP contribution in [0.5, 0.6) is 5.75 Å². The molecule has 180 valence electrons. The molecule has 0 unspecified atom stereocenters. The van der Waals surface area contributed by atoms with Gasteiger partial charge in [0.05, 0.1) is 31.2 Å². The number of fused-ring (bicyclic) bond motifs is 2. The lowest BCUT2D eigenvalue weighted by molar-refractivity contribution is -0.151. The molecule has 3 amide bonds. The van der Waals surface area contributed by atoms with Crippen LogP contribution >= 0.6 is 0 Å². The predicted molar refractivity (Wildman–Crippen MR) is 121 cm³/mol. The van der Waals surface area contributed by atoms with Gasteiger partial charge >= 0.3 is 12.0 Å². The molecule has 0 spiro atoms. The Balaban J connectivity index is 1.47. The van der Waals surface area contributed by atoms with Crippen LogP contribution in [0.1, 0.15) is 29.6 Å². The highest BCUT2D eigenvalue weighted by Gasteiger charge is 2.39. The molecule has 0 radical (unpaired) electrons. The van der Waals surface area contributed by atoms with Crippen LogP contribution in [0.15, 0.2) is 42.5 Å². The number of halogens is 1. The van der Waals surface area contributed by atoms with Crippen molar-refractivity contribution in [3.63, 3.8) is 0 Å². The second-order valence-corrected chi connectivity index (χ2v) is 8.25. The molecule has 2 N–H and O–H groups in total. The van der Waals surface area contributed by atoms with Gasteiger partial charge in [-0.3, -0.25) is 9.59 Å². The zero-order chi connectivity index (χ0) is 24.2. The van der Waals surface area contributed by atoms with E-state index in [1.54, 1.807) is 36.2 Å². The molecule has 0 aliphatic carbocycles. The number of esters is 1. The molecular formula is C24H26FN3O6. The van der Waals surface area contributed by atoms with Gasteiger partial charge in [0, 0.05) is 18.4 Å². The monoisotopic (exact) mass is 471 g/mol. The third-order valence-corrected chi connectivity index (χ3v) is 5.97. The van der Waals surface area contributed by atoms with Gasteiger partial charge in [-0.05, 0) is 49.2 Å². The number of hydrogen-bond acceptors (Lipinski definition) is 6. The van der Waals surface area contributed by atoms with Crippen LogP contribution < -0.4 is 15.4 Å². The van der Waals surface area contributed by atoms with Gasteiger partial charge in [0.1, 0.15) is 24.3 Å². The van der Waals surface area contributed by atoms with E-state index in [-0.39, 0.29) is 43.2 Å². The van der Waals surface area contributed by atoms with E-state index < -0.39 is 11.8 Å². The topological polar surface area (TPSA) is 106 Å². The van der Waals surface area contributed by atoms with Gasteiger partial charge < -0.3 is 29.7 Å². The number of ether oxygens (including phenoxy) is 3. The molecular weight excluding hydrogens is 445 g/mol. The molecule has 3 atom stereocenters. The highest BCUT2D eigenvalue weighted by atomic mass is 19.1. The maximum atomic E-state index is 13.3.